The molecule has 0 radical (unpaired) electrons. The highest BCUT2D eigenvalue weighted by molar-refractivity contribution is 7.13. The van der Waals surface area contributed by atoms with Gasteiger partial charge in [-0.25, -0.2) is 4.98 Å². The third kappa shape index (κ3) is 2.34. The molecule has 0 amide bonds. The van der Waals surface area contributed by atoms with Gasteiger partial charge in [-0.1, -0.05) is 6.08 Å². The maximum atomic E-state index is 12.4. The number of hydrogen-bond donors (Lipinski definition) is 0. The van der Waals surface area contributed by atoms with Crippen molar-refractivity contribution < 1.29 is 12.9 Å². The molecule has 2 heterocycles. The molecule has 0 aliphatic carbocycles. The molecule has 0 fully saturated rings. The fourth-order valence-electron chi connectivity index (χ4n) is 1.53. The first kappa shape index (κ1) is 10.5. The van der Waals surface area contributed by atoms with Crippen molar-refractivity contribution in [3.8, 4) is 0 Å². The fourth-order valence-corrected chi connectivity index (χ4v) is 2.21. The average Bonchev–Trinajstić information content (AvgIpc) is 2.69. The summed E-state index contributed by atoms with van der Waals surface area (Å²) in [5.74, 6) is 0. The molecule has 0 unspecified atom stereocenters. The van der Waals surface area contributed by atoms with Gasteiger partial charge in [0.05, 0.1) is 0 Å². The van der Waals surface area contributed by atoms with Gasteiger partial charge in [0, 0.05) is 24.7 Å². The third-order valence-corrected chi connectivity index (χ3v) is 3.19. The molecule has 1 aromatic heterocycles. The van der Waals surface area contributed by atoms with Gasteiger partial charge in [0.2, 0.25) is 0 Å². The van der Waals surface area contributed by atoms with Crippen LogP contribution in [0.1, 0.15) is 6.42 Å². The van der Waals surface area contributed by atoms with Crippen LogP contribution in [0.4, 0.5) is 18.1 Å². The van der Waals surface area contributed by atoms with E-state index < -0.39 is 6.98 Å². The molecule has 0 saturated carbocycles. The summed E-state index contributed by atoms with van der Waals surface area (Å²) in [5.41, 5.74) is -0.359. The lowest BCUT2D eigenvalue weighted by Gasteiger charge is -2.30. The number of thiazole rings is 1. The van der Waals surface area contributed by atoms with Crippen molar-refractivity contribution in [3.05, 3.63) is 23.1 Å². The van der Waals surface area contributed by atoms with Gasteiger partial charge >= 0.3 is 6.98 Å². The second-order valence-electron chi connectivity index (χ2n) is 3.36. The third-order valence-electron chi connectivity index (χ3n) is 2.35. The summed E-state index contributed by atoms with van der Waals surface area (Å²) in [5, 5.41) is 2.61. The molecule has 0 bridgehead atoms. The van der Waals surface area contributed by atoms with E-state index in [4.69, 9.17) is 0 Å². The number of nitrogens with zero attached hydrogens (tertiary/aromatic N) is 2. The summed E-state index contributed by atoms with van der Waals surface area (Å²) >= 11 is 1.45. The van der Waals surface area contributed by atoms with Gasteiger partial charge in [-0.3, -0.25) is 0 Å². The first-order chi connectivity index (χ1) is 7.07. The van der Waals surface area contributed by atoms with Gasteiger partial charge in [-0.2, -0.15) is 0 Å². The van der Waals surface area contributed by atoms with Crippen molar-refractivity contribution in [2.24, 2.45) is 0 Å². The van der Waals surface area contributed by atoms with Crippen LogP contribution in [0.15, 0.2) is 23.1 Å². The van der Waals surface area contributed by atoms with E-state index in [-0.39, 0.29) is 11.9 Å². The van der Waals surface area contributed by atoms with Crippen LogP contribution >= 0.6 is 11.3 Å². The zero-order valence-corrected chi connectivity index (χ0v) is 8.68. The summed E-state index contributed by atoms with van der Waals surface area (Å²) in [6.45, 7) is -4.08. The summed E-state index contributed by atoms with van der Waals surface area (Å²) in [4.78, 5) is 5.92. The Bertz CT molecular complexity index is 360. The van der Waals surface area contributed by atoms with E-state index in [1.807, 2.05) is 10.3 Å². The van der Waals surface area contributed by atoms with Crippen LogP contribution < -0.4 is 4.90 Å². The number of aromatic nitrogens is 1. The van der Waals surface area contributed by atoms with Gasteiger partial charge in [0.25, 0.3) is 0 Å². The maximum Gasteiger partial charge on any atom is 0.505 e. The van der Waals surface area contributed by atoms with Crippen molar-refractivity contribution in [2.45, 2.75) is 6.42 Å². The highest BCUT2D eigenvalue weighted by Gasteiger charge is 2.30. The van der Waals surface area contributed by atoms with Gasteiger partial charge in [-0.05, 0) is 6.42 Å². The second-order valence-corrected chi connectivity index (χ2v) is 4.24. The summed E-state index contributed by atoms with van der Waals surface area (Å²) < 4.78 is 37.1. The Hall–Kier alpha value is -0.975. The van der Waals surface area contributed by atoms with E-state index in [1.165, 1.54) is 17.4 Å². The van der Waals surface area contributed by atoms with Crippen LogP contribution in [0.3, 0.4) is 0 Å². The zero-order valence-electron chi connectivity index (χ0n) is 7.87. The van der Waals surface area contributed by atoms with Gasteiger partial charge < -0.3 is 17.8 Å². The molecule has 2 nitrogen and oxygen atoms in total. The highest BCUT2D eigenvalue weighted by Crippen LogP contribution is 2.28. The largest absolute Gasteiger partial charge is 0.505 e. The van der Waals surface area contributed by atoms with E-state index in [2.05, 4.69) is 4.98 Å². The van der Waals surface area contributed by atoms with Crippen LogP contribution in [-0.4, -0.2) is 25.1 Å². The lowest BCUT2D eigenvalue weighted by Crippen LogP contribution is -2.33. The minimum absolute atomic E-state index is 0.0725. The molecule has 0 aromatic carbocycles. The van der Waals surface area contributed by atoms with Crippen molar-refractivity contribution >= 4 is 23.4 Å². The molecular formula is C8H9BF3N2S-. The zero-order chi connectivity index (χ0) is 10.9. The predicted molar refractivity (Wildman–Crippen MR) is 56.1 cm³/mol. The number of anilines is 1. The Balaban J connectivity index is 2.06. The minimum atomic E-state index is -4.79. The van der Waals surface area contributed by atoms with E-state index in [0.717, 1.165) is 5.13 Å². The Morgan fingerprint density at radius 1 is 1.40 bits per heavy atom. The lowest BCUT2D eigenvalue weighted by atomic mass is 9.76. The van der Waals surface area contributed by atoms with Crippen molar-refractivity contribution in [1.29, 1.82) is 0 Å². The number of hydrogen-bond acceptors (Lipinski definition) is 3. The van der Waals surface area contributed by atoms with E-state index in [0.29, 0.717) is 13.1 Å². The highest BCUT2D eigenvalue weighted by atomic mass is 32.1. The molecular weight excluding hydrogens is 224 g/mol. The molecule has 1 aliphatic heterocycles. The quantitative estimate of drug-likeness (QED) is 0.730. The molecule has 0 spiro atoms. The number of halogens is 3. The fraction of sp³-hybridized carbons (Fsp3) is 0.375. The lowest BCUT2D eigenvalue weighted by molar-refractivity contribution is 0.483. The summed E-state index contributed by atoms with van der Waals surface area (Å²) in [7, 11) is 0. The normalized spacial score (nSPS) is 17.8. The van der Waals surface area contributed by atoms with Crippen LogP contribution in [-0.2, 0) is 0 Å². The van der Waals surface area contributed by atoms with Gasteiger partial charge in [0.15, 0.2) is 5.13 Å². The van der Waals surface area contributed by atoms with Crippen LogP contribution in [0.2, 0.25) is 0 Å². The van der Waals surface area contributed by atoms with Crippen molar-refractivity contribution in [3.63, 3.8) is 0 Å². The molecule has 2 rings (SSSR count). The Kier molecular flexibility index (Phi) is 2.73. The molecule has 15 heavy (non-hydrogen) atoms. The first-order valence-corrected chi connectivity index (χ1v) is 5.48. The van der Waals surface area contributed by atoms with Crippen LogP contribution in [0, 0.1) is 0 Å². The van der Waals surface area contributed by atoms with Crippen molar-refractivity contribution in [2.75, 3.05) is 18.0 Å². The molecule has 82 valence electrons. The maximum absolute atomic E-state index is 12.4. The Labute approximate surface area is 89.5 Å². The minimum Gasteiger partial charge on any atom is -0.445 e. The summed E-state index contributed by atoms with van der Waals surface area (Å²) in [6.07, 6.45) is 3.00. The monoisotopic (exact) mass is 233 g/mol. The first-order valence-electron chi connectivity index (χ1n) is 4.60. The van der Waals surface area contributed by atoms with Crippen LogP contribution in [0.25, 0.3) is 0 Å². The standard InChI is InChI=1S/C8H9BF3N2S/c10-9(11,12)7-1-4-14(5-2-7)8-13-3-6-15-8/h1,3,6H,2,4-5H2/q-1. The predicted octanol–water partition coefficient (Wildman–Crippen LogP) is 2.67. The Morgan fingerprint density at radius 2 is 2.20 bits per heavy atom. The van der Waals surface area contributed by atoms with Gasteiger partial charge in [0.1, 0.15) is 0 Å². The van der Waals surface area contributed by atoms with E-state index in [1.54, 1.807) is 6.20 Å². The number of rotatable bonds is 2. The SMILES string of the molecule is F[B-](F)(F)C1=CCN(c2nccs2)CC1. The summed E-state index contributed by atoms with van der Waals surface area (Å²) in [6, 6.07) is 0. The molecule has 1 aromatic rings. The van der Waals surface area contributed by atoms with Gasteiger partial charge in [-0.15, -0.1) is 16.8 Å². The second kappa shape index (κ2) is 3.88. The Morgan fingerprint density at radius 3 is 2.67 bits per heavy atom. The topological polar surface area (TPSA) is 16.1 Å². The van der Waals surface area contributed by atoms with E-state index >= 15 is 0 Å². The van der Waals surface area contributed by atoms with E-state index in [9.17, 15) is 12.9 Å². The molecule has 0 atom stereocenters. The molecule has 7 heteroatoms. The van der Waals surface area contributed by atoms with Crippen LogP contribution in [0.5, 0.6) is 0 Å². The smallest absolute Gasteiger partial charge is 0.445 e. The molecule has 0 N–H and O–H groups in total. The molecule has 1 aliphatic rings. The van der Waals surface area contributed by atoms with Crippen molar-refractivity contribution in [1.82, 2.24) is 4.98 Å². The molecule has 0 saturated heterocycles. The average molecular weight is 233 g/mol.